The Morgan fingerprint density at radius 1 is 0.950 bits per heavy atom. The topological polar surface area (TPSA) is 62.3 Å². The molecule has 0 radical (unpaired) electrons. The molecular formula is C15H12N2O2S. The SMILES string of the molecule is O=S(=O)(/N=C\c1c[nH]c2ccccc12)c1ccccc1. The van der Waals surface area contributed by atoms with Gasteiger partial charge in [-0.25, -0.2) is 0 Å². The Labute approximate surface area is 116 Å². The lowest BCUT2D eigenvalue weighted by Gasteiger charge is -1.97. The Morgan fingerprint density at radius 3 is 2.45 bits per heavy atom. The van der Waals surface area contributed by atoms with E-state index in [-0.39, 0.29) is 4.90 Å². The Kier molecular flexibility index (Phi) is 3.12. The third-order valence-electron chi connectivity index (χ3n) is 2.99. The molecule has 100 valence electrons. The van der Waals surface area contributed by atoms with Gasteiger partial charge < -0.3 is 4.98 Å². The number of hydrogen-bond donors (Lipinski definition) is 1. The number of sulfonamides is 1. The molecule has 0 atom stereocenters. The smallest absolute Gasteiger partial charge is 0.282 e. The molecule has 3 rings (SSSR count). The van der Waals surface area contributed by atoms with Crippen molar-refractivity contribution in [3.05, 3.63) is 66.4 Å². The minimum atomic E-state index is -3.65. The number of benzene rings is 2. The van der Waals surface area contributed by atoms with Crippen molar-refractivity contribution in [3.63, 3.8) is 0 Å². The predicted octanol–water partition coefficient (Wildman–Crippen LogP) is 2.98. The van der Waals surface area contributed by atoms with Crippen LogP contribution in [0.15, 0.2) is 70.1 Å². The molecule has 1 N–H and O–H groups in total. The van der Waals surface area contributed by atoms with Crippen molar-refractivity contribution in [1.82, 2.24) is 4.98 Å². The molecule has 0 spiro atoms. The number of aromatic amines is 1. The van der Waals surface area contributed by atoms with Crippen LogP contribution in [-0.4, -0.2) is 19.6 Å². The highest BCUT2D eigenvalue weighted by atomic mass is 32.2. The van der Waals surface area contributed by atoms with Gasteiger partial charge in [0.25, 0.3) is 10.0 Å². The molecular weight excluding hydrogens is 272 g/mol. The maximum absolute atomic E-state index is 12.1. The van der Waals surface area contributed by atoms with Gasteiger partial charge in [-0.1, -0.05) is 36.4 Å². The Hall–Kier alpha value is -2.40. The molecule has 3 aromatic rings. The summed E-state index contributed by atoms with van der Waals surface area (Å²) in [5, 5.41) is 0.944. The molecule has 20 heavy (non-hydrogen) atoms. The lowest BCUT2D eigenvalue weighted by atomic mass is 10.2. The Morgan fingerprint density at radius 2 is 1.65 bits per heavy atom. The van der Waals surface area contributed by atoms with Crippen LogP contribution in [0.25, 0.3) is 10.9 Å². The number of fused-ring (bicyclic) bond motifs is 1. The van der Waals surface area contributed by atoms with Crippen LogP contribution in [0.4, 0.5) is 0 Å². The normalized spacial score (nSPS) is 12.2. The van der Waals surface area contributed by atoms with Crippen LogP contribution in [0.3, 0.4) is 0 Å². The Bertz CT molecular complexity index is 865. The molecule has 0 fully saturated rings. The van der Waals surface area contributed by atoms with Gasteiger partial charge in [-0.15, -0.1) is 0 Å². The number of hydrogen-bond acceptors (Lipinski definition) is 2. The lowest BCUT2D eigenvalue weighted by Crippen LogP contribution is -1.97. The Balaban J connectivity index is 1.99. The van der Waals surface area contributed by atoms with E-state index in [0.29, 0.717) is 0 Å². The van der Waals surface area contributed by atoms with E-state index in [4.69, 9.17) is 0 Å². The molecule has 5 heteroatoms. The molecule has 0 unspecified atom stereocenters. The summed E-state index contributed by atoms with van der Waals surface area (Å²) < 4.78 is 27.9. The van der Waals surface area contributed by atoms with Crippen molar-refractivity contribution in [2.24, 2.45) is 4.40 Å². The van der Waals surface area contributed by atoms with Gasteiger partial charge in [0.15, 0.2) is 0 Å². The van der Waals surface area contributed by atoms with E-state index in [1.54, 1.807) is 24.4 Å². The molecule has 1 heterocycles. The molecule has 0 bridgehead atoms. The maximum Gasteiger partial charge on any atom is 0.282 e. The first-order chi connectivity index (χ1) is 9.67. The van der Waals surface area contributed by atoms with Crippen LogP contribution >= 0.6 is 0 Å². The average molecular weight is 284 g/mol. The zero-order valence-electron chi connectivity index (χ0n) is 10.5. The predicted molar refractivity (Wildman–Crippen MR) is 79.5 cm³/mol. The first-order valence-corrected chi connectivity index (χ1v) is 7.52. The minimum absolute atomic E-state index is 0.191. The summed E-state index contributed by atoms with van der Waals surface area (Å²) in [6.45, 7) is 0. The highest BCUT2D eigenvalue weighted by molar-refractivity contribution is 7.90. The van der Waals surface area contributed by atoms with E-state index in [1.807, 2.05) is 24.3 Å². The largest absolute Gasteiger partial charge is 0.361 e. The summed E-state index contributed by atoms with van der Waals surface area (Å²) in [6, 6.07) is 15.8. The fraction of sp³-hybridized carbons (Fsp3) is 0. The summed E-state index contributed by atoms with van der Waals surface area (Å²) in [4.78, 5) is 3.27. The number of aromatic nitrogens is 1. The van der Waals surface area contributed by atoms with E-state index in [9.17, 15) is 8.42 Å². The summed E-state index contributed by atoms with van der Waals surface area (Å²) in [5.41, 5.74) is 1.70. The highest BCUT2D eigenvalue weighted by Crippen LogP contribution is 2.17. The summed E-state index contributed by atoms with van der Waals surface area (Å²) in [6.07, 6.45) is 3.12. The van der Waals surface area contributed by atoms with E-state index in [0.717, 1.165) is 16.5 Å². The number of nitrogens with zero attached hydrogens (tertiary/aromatic N) is 1. The van der Waals surface area contributed by atoms with Crippen LogP contribution in [0.2, 0.25) is 0 Å². The van der Waals surface area contributed by atoms with Crippen molar-refractivity contribution in [2.45, 2.75) is 4.90 Å². The fourth-order valence-electron chi connectivity index (χ4n) is 1.98. The second-order valence-corrected chi connectivity index (χ2v) is 5.94. The van der Waals surface area contributed by atoms with Gasteiger partial charge in [0, 0.05) is 28.9 Å². The molecule has 0 saturated carbocycles. The highest BCUT2D eigenvalue weighted by Gasteiger charge is 2.10. The second kappa shape index (κ2) is 4.94. The van der Waals surface area contributed by atoms with Gasteiger partial charge >= 0.3 is 0 Å². The average Bonchev–Trinajstić information content (AvgIpc) is 2.89. The molecule has 2 aromatic carbocycles. The van der Waals surface area contributed by atoms with Crippen molar-refractivity contribution in [1.29, 1.82) is 0 Å². The van der Waals surface area contributed by atoms with Crippen LogP contribution in [0, 0.1) is 0 Å². The van der Waals surface area contributed by atoms with Gasteiger partial charge in [0.2, 0.25) is 0 Å². The van der Waals surface area contributed by atoms with E-state index in [2.05, 4.69) is 9.38 Å². The second-order valence-electron chi connectivity index (χ2n) is 4.31. The van der Waals surface area contributed by atoms with Gasteiger partial charge in [0.1, 0.15) is 0 Å². The number of rotatable bonds is 3. The lowest BCUT2D eigenvalue weighted by molar-refractivity contribution is 0.598. The van der Waals surface area contributed by atoms with Crippen LogP contribution in [-0.2, 0) is 10.0 Å². The number of nitrogens with one attached hydrogen (secondary N) is 1. The van der Waals surface area contributed by atoms with Crippen LogP contribution < -0.4 is 0 Å². The summed E-state index contributed by atoms with van der Waals surface area (Å²) in [5.74, 6) is 0. The molecule has 4 nitrogen and oxygen atoms in total. The minimum Gasteiger partial charge on any atom is -0.361 e. The zero-order chi connectivity index (χ0) is 14.0. The monoisotopic (exact) mass is 284 g/mol. The van der Waals surface area contributed by atoms with Crippen molar-refractivity contribution in [3.8, 4) is 0 Å². The number of H-pyrrole nitrogens is 1. The molecule has 0 saturated heterocycles. The first-order valence-electron chi connectivity index (χ1n) is 6.08. The van der Waals surface area contributed by atoms with Crippen LogP contribution in [0.1, 0.15) is 5.56 Å². The molecule has 0 amide bonds. The molecule has 0 aliphatic heterocycles. The van der Waals surface area contributed by atoms with E-state index >= 15 is 0 Å². The standard InChI is InChI=1S/C15H12N2O2S/c18-20(19,13-6-2-1-3-7-13)17-11-12-10-16-15-9-5-4-8-14(12)15/h1-11,16H/b17-11-. The van der Waals surface area contributed by atoms with Gasteiger partial charge in [0.05, 0.1) is 4.90 Å². The van der Waals surface area contributed by atoms with Gasteiger partial charge in [-0.2, -0.15) is 12.8 Å². The molecule has 0 aliphatic rings. The van der Waals surface area contributed by atoms with Crippen molar-refractivity contribution < 1.29 is 8.42 Å². The summed E-state index contributed by atoms with van der Waals surface area (Å²) >= 11 is 0. The quantitative estimate of drug-likeness (QED) is 0.751. The fourth-order valence-corrected chi connectivity index (χ4v) is 2.86. The van der Waals surface area contributed by atoms with Gasteiger partial charge in [-0.3, -0.25) is 0 Å². The summed E-state index contributed by atoms with van der Waals surface area (Å²) in [7, 11) is -3.65. The zero-order valence-corrected chi connectivity index (χ0v) is 11.3. The van der Waals surface area contributed by atoms with E-state index in [1.165, 1.54) is 18.3 Å². The third-order valence-corrected chi connectivity index (χ3v) is 4.24. The molecule has 0 aliphatic carbocycles. The van der Waals surface area contributed by atoms with Gasteiger partial charge in [-0.05, 0) is 18.2 Å². The van der Waals surface area contributed by atoms with Crippen LogP contribution in [0.5, 0.6) is 0 Å². The molecule has 1 aromatic heterocycles. The number of para-hydroxylation sites is 1. The third kappa shape index (κ3) is 2.35. The van der Waals surface area contributed by atoms with Crippen molar-refractivity contribution >= 4 is 27.1 Å². The first kappa shape index (κ1) is 12.6. The maximum atomic E-state index is 12.1. The van der Waals surface area contributed by atoms with Crippen molar-refractivity contribution in [2.75, 3.05) is 0 Å². The van der Waals surface area contributed by atoms with E-state index < -0.39 is 10.0 Å².